The Morgan fingerprint density at radius 3 is 2.64 bits per heavy atom. The minimum Gasteiger partial charge on any atom is -0.466 e. The fourth-order valence-electron chi connectivity index (χ4n) is 4.64. The largest absolute Gasteiger partial charge is 0.466 e. The molecule has 2 aromatic carbocycles. The van der Waals surface area contributed by atoms with Gasteiger partial charge in [0.1, 0.15) is 6.61 Å². The summed E-state index contributed by atoms with van der Waals surface area (Å²) >= 11 is 6.20. The smallest absolute Gasteiger partial charge is 0.418 e. The van der Waals surface area contributed by atoms with E-state index in [0.29, 0.717) is 28.3 Å². The molecule has 0 aromatic heterocycles. The van der Waals surface area contributed by atoms with Crippen molar-refractivity contribution < 1.29 is 24.0 Å². The van der Waals surface area contributed by atoms with Crippen LogP contribution in [0.5, 0.6) is 0 Å². The molecule has 33 heavy (non-hydrogen) atoms. The van der Waals surface area contributed by atoms with Gasteiger partial charge in [0.2, 0.25) is 6.04 Å². The average molecular weight is 471 g/mol. The summed E-state index contributed by atoms with van der Waals surface area (Å²) in [4.78, 5) is 38.2. The second-order valence-electron chi connectivity index (χ2n) is 8.04. The summed E-state index contributed by atoms with van der Waals surface area (Å²) in [5, 5.41) is 12.4. The zero-order valence-electron chi connectivity index (χ0n) is 18.0. The molecule has 1 aliphatic heterocycles. The third kappa shape index (κ3) is 4.71. The van der Waals surface area contributed by atoms with Crippen molar-refractivity contribution in [3.8, 4) is 0 Å². The number of carbonyl (C=O) groups excluding carboxylic acids is 2. The van der Waals surface area contributed by atoms with Gasteiger partial charge in [-0.05, 0) is 42.2 Å². The topological polar surface area (TPSA) is 99.0 Å². The predicted octanol–water partition coefficient (Wildman–Crippen LogP) is 5.08. The van der Waals surface area contributed by atoms with Crippen molar-refractivity contribution in [1.29, 1.82) is 0 Å². The fourth-order valence-corrected chi connectivity index (χ4v) is 4.81. The Labute approximate surface area is 195 Å². The number of benzene rings is 2. The second kappa shape index (κ2) is 9.62. The standard InChI is InChI=1S/C24H23ClN2O6/c1-2-32-21(28)11-16-10-17-13-26(24(29)33-14-15-6-4-3-5-7-15)20-12-18(25)8-9-19(20)22(17)23(16)27(30)31/h3-9,12-13,16,22-23H,2,10-11,14H2,1H3/t16-,22+,23+/m1/s1. The van der Waals surface area contributed by atoms with Gasteiger partial charge in [-0.25, -0.2) is 4.79 Å². The highest BCUT2D eigenvalue weighted by Gasteiger charge is 2.52. The normalized spacial score (nSPS) is 21.0. The first-order valence-electron chi connectivity index (χ1n) is 10.7. The van der Waals surface area contributed by atoms with Gasteiger partial charge >= 0.3 is 12.1 Å². The van der Waals surface area contributed by atoms with Crippen LogP contribution >= 0.6 is 11.6 Å². The summed E-state index contributed by atoms with van der Waals surface area (Å²) in [5.41, 5.74) is 2.60. The van der Waals surface area contributed by atoms with Gasteiger partial charge in [0.15, 0.2) is 0 Å². The van der Waals surface area contributed by atoms with Crippen LogP contribution in [0.4, 0.5) is 10.5 Å². The van der Waals surface area contributed by atoms with Gasteiger partial charge in [-0.15, -0.1) is 0 Å². The van der Waals surface area contributed by atoms with Crippen LogP contribution in [0.15, 0.2) is 60.3 Å². The Morgan fingerprint density at radius 2 is 1.94 bits per heavy atom. The van der Waals surface area contributed by atoms with Gasteiger partial charge in [-0.2, -0.15) is 0 Å². The molecule has 8 nitrogen and oxygen atoms in total. The van der Waals surface area contributed by atoms with Crippen LogP contribution in [0.2, 0.25) is 5.02 Å². The van der Waals surface area contributed by atoms with Gasteiger partial charge in [0.05, 0.1) is 24.6 Å². The number of ether oxygens (including phenoxy) is 2. The highest BCUT2D eigenvalue weighted by Crippen LogP contribution is 2.51. The molecule has 1 fully saturated rings. The third-order valence-corrected chi connectivity index (χ3v) is 6.22. The van der Waals surface area contributed by atoms with Crippen LogP contribution < -0.4 is 4.90 Å². The van der Waals surface area contributed by atoms with Crippen molar-refractivity contribution in [1.82, 2.24) is 0 Å². The van der Waals surface area contributed by atoms with Gasteiger partial charge in [0, 0.05) is 22.1 Å². The van der Waals surface area contributed by atoms with Crippen LogP contribution in [-0.2, 0) is 20.9 Å². The van der Waals surface area contributed by atoms with Crippen LogP contribution in [-0.4, -0.2) is 29.6 Å². The van der Waals surface area contributed by atoms with Crippen molar-refractivity contribution in [3.63, 3.8) is 0 Å². The lowest BCUT2D eigenvalue weighted by molar-refractivity contribution is -0.531. The van der Waals surface area contributed by atoms with E-state index in [1.54, 1.807) is 31.3 Å². The molecule has 3 atom stereocenters. The van der Waals surface area contributed by atoms with Gasteiger partial charge < -0.3 is 9.47 Å². The van der Waals surface area contributed by atoms with E-state index in [1.807, 2.05) is 30.3 Å². The number of fused-ring (bicyclic) bond motifs is 3. The molecule has 0 N–H and O–H groups in total. The molecular weight excluding hydrogens is 448 g/mol. The quantitative estimate of drug-likeness (QED) is 0.331. The number of hydrogen-bond acceptors (Lipinski definition) is 6. The van der Waals surface area contributed by atoms with Crippen LogP contribution in [0.3, 0.4) is 0 Å². The highest BCUT2D eigenvalue weighted by molar-refractivity contribution is 6.31. The number of amides is 1. The van der Waals surface area contributed by atoms with E-state index in [0.717, 1.165) is 5.56 Å². The van der Waals surface area contributed by atoms with E-state index in [9.17, 15) is 19.7 Å². The SMILES string of the molecule is CCOC(=O)C[C@H]1CC2=CN(C(=O)OCc3ccccc3)c3cc(Cl)ccc3[C@H]2[C@H]1[N+](=O)[O-]. The Kier molecular flexibility index (Phi) is 6.65. The number of nitrogens with zero attached hydrogens (tertiary/aromatic N) is 2. The first-order valence-corrected chi connectivity index (χ1v) is 11.1. The lowest BCUT2D eigenvalue weighted by Gasteiger charge is -2.30. The van der Waals surface area contributed by atoms with Crippen molar-refractivity contribution in [2.24, 2.45) is 5.92 Å². The molecule has 0 saturated heterocycles. The molecule has 0 radical (unpaired) electrons. The molecule has 9 heteroatoms. The molecule has 2 aromatic rings. The molecule has 172 valence electrons. The number of nitro groups is 1. The molecule has 1 heterocycles. The Balaban J connectivity index is 1.66. The first kappa shape index (κ1) is 22.8. The van der Waals surface area contributed by atoms with E-state index in [2.05, 4.69) is 0 Å². The lowest BCUT2D eigenvalue weighted by Crippen LogP contribution is -2.35. The van der Waals surface area contributed by atoms with E-state index in [1.165, 1.54) is 4.90 Å². The first-order chi connectivity index (χ1) is 15.9. The summed E-state index contributed by atoms with van der Waals surface area (Å²) in [6, 6.07) is 13.2. The summed E-state index contributed by atoms with van der Waals surface area (Å²) in [7, 11) is 0. The Morgan fingerprint density at radius 1 is 1.18 bits per heavy atom. The summed E-state index contributed by atoms with van der Waals surface area (Å²) < 4.78 is 10.5. The van der Waals surface area contributed by atoms with Crippen LogP contribution in [0.25, 0.3) is 0 Å². The molecule has 0 bridgehead atoms. The van der Waals surface area contributed by atoms with E-state index in [4.69, 9.17) is 21.1 Å². The Bertz CT molecular complexity index is 1100. The predicted molar refractivity (Wildman–Crippen MR) is 122 cm³/mol. The number of halogens is 1. The number of hydrogen-bond donors (Lipinski definition) is 0. The van der Waals surface area contributed by atoms with E-state index < -0.39 is 29.9 Å². The zero-order chi connectivity index (χ0) is 23.5. The maximum Gasteiger partial charge on any atom is 0.418 e. The molecule has 0 spiro atoms. The van der Waals surface area contributed by atoms with Crippen LogP contribution in [0.1, 0.15) is 36.8 Å². The lowest BCUT2D eigenvalue weighted by atomic mass is 9.86. The van der Waals surface area contributed by atoms with E-state index >= 15 is 0 Å². The number of anilines is 1. The van der Waals surface area contributed by atoms with Gasteiger partial charge in [-0.3, -0.25) is 19.8 Å². The minimum absolute atomic E-state index is 0.0608. The average Bonchev–Trinajstić information content (AvgIpc) is 3.15. The van der Waals surface area contributed by atoms with Crippen molar-refractivity contribution in [3.05, 3.63) is 86.6 Å². The fraction of sp³-hybridized carbons (Fsp3) is 0.333. The number of rotatable bonds is 6. The minimum atomic E-state index is -1.01. The Hall–Kier alpha value is -3.39. The maximum absolute atomic E-state index is 13.0. The summed E-state index contributed by atoms with van der Waals surface area (Å²) in [6.45, 7) is 1.99. The number of esters is 1. The molecule has 1 aliphatic carbocycles. The highest BCUT2D eigenvalue weighted by atomic mass is 35.5. The van der Waals surface area contributed by atoms with Crippen molar-refractivity contribution >= 4 is 29.4 Å². The van der Waals surface area contributed by atoms with Crippen molar-refractivity contribution in [2.45, 2.75) is 38.3 Å². The monoisotopic (exact) mass is 470 g/mol. The summed E-state index contributed by atoms with van der Waals surface area (Å²) in [5.74, 6) is -1.58. The second-order valence-corrected chi connectivity index (χ2v) is 8.48. The maximum atomic E-state index is 13.0. The molecular formula is C24H23ClN2O6. The van der Waals surface area contributed by atoms with E-state index in [-0.39, 0.29) is 24.6 Å². The van der Waals surface area contributed by atoms with Gasteiger partial charge in [0.25, 0.3) is 0 Å². The van der Waals surface area contributed by atoms with Gasteiger partial charge in [-0.1, -0.05) is 48.0 Å². The molecule has 2 aliphatic rings. The number of carbonyl (C=O) groups is 2. The van der Waals surface area contributed by atoms with Crippen molar-refractivity contribution in [2.75, 3.05) is 11.5 Å². The molecule has 4 rings (SSSR count). The summed E-state index contributed by atoms with van der Waals surface area (Å²) in [6.07, 6.45) is 1.23. The van der Waals surface area contributed by atoms with Crippen LogP contribution in [0, 0.1) is 16.0 Å². The molecule has 1 amide bonds. The zero-order valence-corrected chi connectivity index (χ0v) is 18.7. The molecule has 1 saturated carbocycles. The third-order valence-electron chi connectivity index (χ3n) is 5.98. The molecule has 0 unspecified atom stereocenters.